The number of hydrogen-bond acceptors (Lipinski definition) is 4. The Kier molecular flexibility index (Phi) is 4.64. The first-order valence-electron chi connectivity index (χ1n) is 10.1. The Bertz CT molecular complexity index is 946. The average molecular weight is 377 g/mol. The number of rotatable bonds is 4. The van der Waals surface area contributed by atoms with Crippen molar-refractivity contribution in [1.29, 1.82) is 0 Å². The summed E-state index contributed by atoms with van der Waals surface area (Å²) in [6.45, 7) is 1.77. The van der Waals surface area contributed by atoms with E-state index in [1.54, 1.807) is 0 Å². The highest BCUT2D eigenvalue weighted by Gasteiger charge is 2.32. The number of hydrogen-bond donors (Lipinski definition) is 0. The average Bonchev–Trinajstić information content (AvgIpc) is 3.41. The molecule has 1 atom stereocenters. The number of aromatic nitrogens is 4. The van der Waals surface area contributed by atoms with Crippen LogP contribution < -0.4 is 0 Å². The van der Waals surface area contributed by atoms with E-state index in [2.05, 4.69) is 44.7 Å². The maximum atomic E-state index is 13.6. The summed E-state index contributed by atoms with van der Waals surface area (Å²) in [6.07, 6.45) is 5.69. The minimum Gasteiger partial charge on any atom is -0.285 e. The van der Waals surface area contributed by atoms with Crippen molar-refractivity contribution in [2.75, 3.05) is 6.54 Å². The monoisotopic (exact) mass is 377 g/mol. The van der Waals surface area contributed by atoms with Crippen molar-refractivity contribution in [3.8, 4) is 0 Å². The highest BCUT2D eigenvalue weighted by Crippen LogP contribution is 2.36. The van der Waals surface area contributed by atoms with Crippen molar-refractivity contribution in [2.45, 2.75) is 50.7 Å². The third kappa shape index (κ3) is 3.22. The summed E-state index contributed by atoms with van der Waals surface area (Å²) < 4.78 is 15.6. The van der Waals surface area contributed by atoms with Crippen LogP contribution >= 0.6 is 0 Å². The number of fused-ring (bicyclic) bond motifs is 1. The molecule has 1 aliphatic carbocycles. The van der Waals surface area contributed by atoms with E-state index in [0.717, 1.165) is 43.7 Å². The maximum Gasteiger partial charge on any atom is 0.173 e. The van der Waals surface area contributed by atoms with Crippen LogP contribution in [0.25, 0.3) is 0 Å². The molecular formula is C22H24FN5. The molecule has 5 rings (SSSR count). The Morgan fingerprint density at radius 3 is 2.50 bits per heavy atom. The summed E-state index contributed by atoms with van der Waals surface area (Å²) in [6, 6.07) is 15.7. The smallest absolute Gasteiger partial charge is 0.173 e. The Morgan fingerprint density at radius 1 is 0.964 bits per heavy atom. The van der Waals surface area contributed by atoms with Gasteiger partial charge in [-0.05, 0) is 58.5 Å². The highest BCUT2D eigenvalue weighted by molar-refractivity contribution is 5.32. The van der Waals surface area contributed by atoms with E-state index < -0.39 is 0 Å². The topological polar surface area (TPSA) is 46.8 Å². The van der Waals surface area contributed by atoms with Gasteiger partial charge in [0.1, 0.15) is 5.82 Å². The predicted octanol–water partition coefficient (Wildman–Crippen LogP) is 4.08. The number of nitrogens with zero attached hydrogens (tertiary/aromatic N) is 5. The van der Waals surface area contributed by atoms with Gasteiger partial charge >= 0.3 is 0 Å². The lowest BCUT2D eigenvalue weighted by atomic mass is 9.96. The van der Waals surface area contributed by atoms with E-state index in [1.165, 1.54) is 36.1 Å². The molecule has 28 heavy (non-hydrogen) atoms. The van der Waals surface area contributed by atoms with Crippen LogP contribution in [0.3, 0.4) is 0 Å². The molecule has 144 valence electrons. The van der Waals surface area contributed by atoms with Gasteiger partial charge in [0.05, 0.1) is 12.1 Å². The molecule has 1 saturated carbocycles. The van der Waals surface area contributed by atoms with Gasteiger partial charge in [0.15, 0.2) is 5.82 Å². The minimum atomic E-state index is -0.220. The van der Waals surface area contributed by atoms with Crippen molar-refractivity contribution in [3.05, 3.63) is 76.9 Å². The molecule has 1 unspecified atom stereocenters. The van der Waals surface area contributed by atoms with Gasteiger partial charge in [-0.2, -0.15) is 0 Å². The third-order valence-electron chi connectivity index (χ3n) is 6.14. The van der Waals surface area contributed by atoms with Crippen LogP contribution in [0.1, 0.15) is 60.3 Å². The van der Waals surface area contributed by atoms with Gasteiger partial charge in [-0.15, -0.1) is 5.10 Å². The molecule has 1 aromatic heterocycles. The van der Waals surface area contributed by atoms with Crippen molar-refractivity contribution >= 4 is 0 Å². The van der Waals surface area contributed by atoms with Crippen molar-refractivity contribution in [3.63, 3.8) is 0 Å². The molecule has 0 spiro atoms. The standard InChI is InChI=1S/C22H24FN5/c23-19-11-9-17(10-12-19)21(22-24-25-26-28(22)20-7-3-4-8-20)27-14-13-16-5-1-2-6-18(16)15-27/h1-2,5-6,9-12,20-21H,3-4,7-8,13-15H2. The van der Waals surface area contributed by atoms with Crippen LogP contribution in [0.2, 0.25) is 0 Å². The van der Waals surface area contributed by atoms with Gasteiger partial charge in [-0.25, -0.2) is 9.07 Å². The van der Waals surface area contributed by atoms with Gasteiger partial charge in [0, 0.05) is 13.1 Å². The van der Waals surface area contributed by atoms with E-state index in [1.807, 2.05) is 16.8 Å². The van der Waals surface area contributed by atoms with Crippen LogP contribution in [-0.2, 0) is 13.0 Å². The molecule has 2 aromatic carbocycles. The molecule has 0 N–H and O–H groups in total. The second kappa shape index (κ2) is 7.43. The van der Waals surface area contributed by atoms with Crippen LogP contribution in [0, 0.1) is 5.82 Å². The van der Waals surface area contributed by atoms with E-state index in [4.69, 9.17) is 0 Å². The lowest BCUT2D eigenvalue weighted by Crippen LogP contribution is -2.36. The van der Waals surface area contributed by atoms with Crippen LogP contribution in [0.4, 0.5) is 4.39 Å². The molecule has 0 radical (unpaired) electrons. The molecule has 3 aromatic rings. The SMILES string of the molecule is Fc1ccc(C(c2nnnn2C2CCCC2)N2CCc3ccccc3C2)cc1. The van der Waals surface area contributed by atoms with E-state index in [9.17, 15) is 4.39 Å². The third-order valence-corrected chi connectivity index (χ3v) is 6.14. The van der Waals surface area contributed by atoms with Crippen molar-refractivity contribution < 1.29 is 4.39 Å². The first-order chi connectivity index (χ1) is 13.8. The van der Waals surface area contributed by atoms with Gasteiger partial charge < -0.3 is 0 Å². The molecule has 6 heteroatoms. The normalized spacial score (nSPS) is 18.9. The zero-order chi connectivity index (χ0) is 18.9. The van der Waals surface area contributed by atoms with Gasteiger partial charge in [-0.1, -0.05) is 49.2 Å². The summed E-state index contributed by atoms with van der Waals surface area (Å²) in [4.78, 5) is 2.42. The van der Waals surface area contributed by atoms with Gasteiger partial charge in [0.25, 0.3) is 0 Å². The Balaban J connectivity index is 1.55. The first kappa shape index (κ1) is 17.5. The molecule has 2 aliphatic rings. The number of benzene rings is 2. The fourth-order valence-electron chi connectivity index (χ4n) is 4.70. The predicted molar refractivity (Wildman–Crippen MR) is 104 cm³/mol. The second-order valence-electron chi connectivity index (χ2n) is 7.86. The molecule has 0 bridgehead atoms. The fourth-order valence-corrected chi connectivity index (χ4v) is 4.70. The molecule has 5 nitrogen and oxygen atoms in total. The zero-order valence-corrected chi connectivity index (χ0v) is 15.8. The molecule has 1 aliphatic heterocycles. The zero-order valence-electron chi connectivity index (χ0n) is 15.8. The highest BCUT2D eigenvalue weighted by atomic mass is 19.1. The summed E-state index contributed by atoms with van der Waals surface area (Å²) in [5.41, 5.74) is 3.79. The van der Waals surface area contributed by atoms with Gasteiger partial charge in [0.2, 0.25) is 0 Å². The van der Waals surface area contributed by atoms with Crippen LogP contribution in [0.5, 0.6) is 0 Å². The number of halogens is 1. The lowest BCUT2D eigenvalue weighted by Gasteiger charge is -2.35. The second-order valence-corrected chi connectivity index (χ2v) is 7.86. The molecule has 1 fully saturated rings. The van der Waals surface area contributed by atoms with Crippen LogP contribution in [-0.4, -0.2) is 31.7 Å². The quantitative estimate of drug-likeness (QED) is 0.687. The molecule has 0 saturated heterocycles. The number of tetrazole rings is 1. The molecular weight excluding hydrogens is 353 g/mol. The summed E-state index contributed by atoms with van der Waals surface area (Å²) in [5, 5.41) is 12.8. The van der Waals surface area contributed by atoms with Crippen molar-refractivity contribution in [1.82, 2.24) is 25.1 Å². The first-order valence-corrected chi connectivity index (χ1v) is 10.1. The summed E-state index contributed by atoms with van der Waals surface area (Å²) >= 11 is 0. The lowest BCUT2D eigenvalue weighted by molar-refractivity contribution is 0.191. The largest absolute Gasteiger partial charge is 0.285 e. The Hall–Kier alpha value is -2.60. The van der Waals surface area contributed by atoms with E-state index in [-0.39, 0.29) is 11.9 Å². The minimum absolute atomic E-state index is 0.0791. The van der Waals surface area contributed by atoms with E-state index >= 15 is 0 Å². The van der Waals surface area contributed by atoms with Crippen molar-refractivity contribution in [2.24, 2.45) is 0 Å². The maximum absolute atomic E-state index is 13.6. The fraction of sp³-hybridized carbons (Fsp3) is 0.409. The van der Waals surface area contributed by atoms with E-state index in [0.29, 0.717) is 6.04 Å². The summed E-state index contributed by atoms with van der Waals surface area (Å²) in [5.74, 6) is 0.653. The molecule has 2 heterocycles. The van der Waals surface area contributed by atoms with Crippen LogP contribution in [0.15, 0.2) is 48.5 Å². The Labute approximate surface area is 164 Å². The molecule has 0 amide bonds. The van der Waals surface area contributed by atoms with Gasteiger partial charge in [-0.3, -0.25) is 4.90 Å². The summed E-state index contributed by atoms with van der Waals surface area (Å²) in [7, 11) is 0. The Morgan fingerprint density at radius 2 is 1.71 bits per heavy atom.